The number of fused-ring (bicyclic) bond motifs is 1. The van der Waals surface area contributed by atoms with Gasteiger partial charge in [0, 0.05) is 35.6 Å². The number of pyridine rings is 1. The Kier molecular flexibility index (Phi) is 6.33. The van der Waals surface area contributed by atoms with Gasteiger partial charge in [0.25, 0.3) is 11.7 Å². The Morgan fingerprint density at radius 3 is 2.50 bits per heavy atom. The molecule has 0 spiro atoms. The number of amides is 1. The van der Waals surface area contributed by atoms with Gasteiger partial charge in [-0.3, -0.25) is 9.59 Å². The van der Waals surface area contributed by atoms with E-state index in [-0.39, 0.29) is 0 Å². The van der Waals surface area contributed by atoms with Crippen molar-refractivity contribution in [1.29, 1.82) is 0 Å². The molecule has 0 saturated heterocycles. The van der Waals surface area contributed by atoms with Crippen molar-refractivity contribution in [3.05, 3.63) is 90.8 Å². The SMILES string of the molecule is CN(C)CCOc1cccc(NC(=O)C(=O)c2c(-c3ccccc3)cc3ccccn23)c1. The van der Waals surface area contributed by atoms with Crippen molar-refractivity contribution in [3.63, 3.8) is 0 Å². The molecule has 6 heteroatoms. The van der Waals surface area contributed by atoms with Crippen molar-refractivity contribution in [2.45, 2.75) is 0 Å². The minimum atomic E-state index is -0.698. The van der Waals surface area contributed by atoms with Gasteiger partial charge in [0.2, 0.25) is 0 Å². The third-order valence-electron chi connectivity index (χ3n) is 5.08. The van der Waals surface area contributed by atoms with E-state index in [0.29, 0.717) is 23.7 Å². The van der Waals surface area contributed by atoms with Gasteiger partial charge in [0.05, 0.1) is 0 Å². The predicted octanol–water partition coefficient (Wildman–Crippen LogP) is 4.37. The average Bonchev–Trinajstić information content (AvgIpc) is 3.19. The molecule has 0 aliphatic carbocycles. The number of nitrogens with zero attached hydrogens (tertiary/aromatic N) is 2. The number of carbonyl (C=O) groups excluding carboxylic acids is 2. The lowest BCUT2D eigenvalue weighted by Gasteiger charge is -2.12. The zero-order chi connectivity index (χ0) is 22.5. The Morgan fingerprint density at radius 2 is 1.72 bits per heavy atom. The second-order valence-electron chi connectivity index (χ2n) is 7.73. The van der Waals surface area contributed by atoms with Gasteiger partial charge in [-0.1, -0.05) is 42.5 Å². The van der Waals surface area contributed by atoms with E-state index in [9.17, 15) is 9.59 Å². The average molecular weight is 428 g/mol. The molecule has 0 aliphatic rings. The van der Waals surface area contributed by atoms with E-state index >= 15 is 0 Å². The monoisotopic (exact) mass is 427 g/mol. The molecule has 2 heterocycles. The Balaban J connectivity index is 1.59. The summed E-state index contributed by atoms with van der Waals surface area (Å²) in [4.78, 5) is 28.2. The van der Waals surface area contributed by atoms with Gasteiger partial charge in [-0.15, -0.1) is 0 Å². The van der Waals surface area contributed by atoms with Crippen LogP contribution in [0.4, 0.5) is 5.69 Å². The highest BCUT2D eigenvalue weighted by atomic mass is 16.5. The summed E-state index contributed by atoms with van der Waals surface area (Å²) in [7, 11) is 3.95. The van der Waals surface area contributed by atoms with Gasteiger partial charge >= 0.3 is 0 Å². The first-order chi connectivity index (χ1) is 15.5. The lowest BCUT2D eigenvalue weighted by atomic mass is 10.0. The third-order valence-corrected chi connectivity index (χ3v) is 5.08. The summed E-state index contributed by atoms with van der Waals surface area (Å²) in [6, 6.07) is 24.2. The van der Waals surface area contributed by atoms with Crippen LogP contribution in [0.25, 0.3) is 16.6 Å². The fourth-order valence-corrected chi connectivity index (χ4v) is 3.50. The van der Waals surface area contributed by atoms with Crippen molar-refractivity contribution in [2.75, 3.05) is 32.6 Å². The summed E-state index contributed by atoms with van der Waals surface area (Å²) in [5.41, 5.74) is 3.29. The number of Topliss-reactive ketones (excluding diaryl/α,β-unsaturated/α-hetero) is 1. The standard InChI is InChI=1S/C26H25N3O3/c1-28(2)15-16-32-22-13-8-11-20(17-22)27-26(31)25(30)24-23(19-9-4-3-5-10-19)18-21-12-6-7-14-29(21)24/h3-14,17-18H,15-16H2,1-2H3,(H,27,31). The minimum Gasteiger partial charge on any atom is -0.492 e. The summed E-state index contributed by atoms with van der Waals surface area (Å²) in [6.45, 7) is 1.30. The summed E-state index contributed by atoms with van der Waals surface area (Å²) in [6.07, 6.45) is 1.79. The van der Waals surface area contributed by atoms with E-state index in [0.717, 1.165) is 23.2 Å². The molecule has 32 heavy (non-hydrogen) atoms. The van der Waals surface area contributed by atoms with Crippen molar-refractivity contribution in [3.8, 4) is 16.9 Å². The molecule has 0 radical (unpaired) electrons. The first-order valence-electron chi connectivity index (χ1n) is 10.4. The number of likely N-dealkylation sites (N-methyl/N-ethyl adjacent to an activating group) is 1. The van der Waals surface area contributed by atoms with Crippen LogP contribution in [-0.4, -0.2) is 48.2 Å². The molecule has 0 bridgehead atoms. The Morgan fingerprint density at radius 1 is 0.938 bits per heavy atom. The highest BCUT2D eigenvalue weighted by Gasteiger charge is 2.24. The predicted molar refractivity (Wildman–Crippen MR) is 126 cm³/mol. The second kappa shape index (κ2) is 9.49. The van der Waals surface area contributed by atoms with Crippen LogP contribution >= 0.6 is 0 Å². The molecule has 2 aromatic carbocycles. The van der Waals surface area contributed by atoms with Crippen LogP contribution in [0, 0.1) is 0 Å². The number of ether oxygens (including phenoxy) is 1. The van der Waals surface area contributed by atoms with Crippen LogP contribution < -0.4 is 10.1 Å². The number of carbonyl (C=O) groups is 2. The molecule has 0 saturated carbocycles. The van der Waals surface area contributed by atoms with Crippen LogP contribution in [0.2, 0.25) is 0 Å². The number of hydrogen-bond acceptors (Lipinski definition) is 4. The summed E-state index contributed by atoms with van der Waals surface area (Å²) < 4.78 is 7.48. The molecule has 0 unspecified atom stereocenters. The van der Waals surface area contributed by atoms with Gasteiger partial charge < -0.3 is 19.4 Å². The lowest BCUT2D eigenvalue weighted by Crippen LogP contribution is -2.24. The normalized spacial score (nSPS) is 11.0. The first kappa shape index (κ1) is 21.3. The van der Waals surface area contributed by atoms with Crippen molar-refractivity contribution in [1.82, 2.24) is 9.30 Å². The molecular formula is C26H25N3O3. The van der Waals surface area contributed by atoms with Gasteiger partial charge in [-0.2, -0.15) is 0 Å². The topological polar surface area (TPSA) is 63.0 Å². The third kappa shape index (κ3) is 4.71. The van der Waals surface area contributed by atoms with E-state index in [2.05, 4.69) is 5.32 Å². The van der Waals surface area contributed by atoms with Gasteiger partial charge in [-0.05, 0) is 50.0 Å². The van der Waals surface area contributed by atoms with E-state index in [1.165, 1.54) is 0 Å². The summed E-state index contributed by atoms with van der Waals surface area (Å²) in [5.74, 6) is -0.666. The molecule has 0 aliphatic heterocycles. The zero-order valence-corrected chi connectivity index (χ0v) is 18.1. The molecule has 162 valence electrons. The summed E-state index contributed by atoms with van der Waals surface area (Å²) in [5, 5.41) is 2.72. The quantitative estimate of drug-likeness (QED) is 0.335. The van der Waals surface area contributed by atoms with Gasteiger partial charge in [0.15, 0.2) is 0 Å². The minimum absolute atomic E-state index is 0.336. The highest BCUT2D eigenvalue weighted by Crippen LogP contribution is 2.28. The smallest absolute Gasteiger partial charge is 0.298 e. The van der Waals surface area contributed by atoms with Crippen LogP contribution in [0.15, 0.2) is 85.1 Å². The van der Waals surface area contributed by atoms with Crippen LogP contribution in [-0.2, 0) is 4.79 Å². The first-order valence-corrected chi connectivity index (χ1v) is 10.4. The summed E-state index contributed by atoms with van der Waals surface area (Å²) >= 11 is 0. The zero-order valence-electron chi connectivity index (χ0n) is 18.1. The van der Waals surface area contributed by atoms with Crippen LogP contribution in [0.5, 0.6) is 5.75 Å². The fourth-order valence-electron chi connectivity index (χ4n) is 3.50. The molecule has 4 rings (SSSR count). The fraction of sp³-hybridized carbons (Fsp3) is 0.154. The highest BCUT2D eigenvalue weighted by molar-refractivity contribution is 6.47. The molecular weight excluding hydrogens is 402 g/mol. The van der Waals surface area contributed by atoms with E-state index in [1.54, 1.807) is 28.8 Å². The molecule has 1 amide bonds. The van der Waals surface area contributed by atoms with Crippen molar-refractivity contribution >= 4 is 22.9 Å². The lowest BCUT2D eigenvalue weighted by molar-refractivity contribution is -0.112. The van der Waals surface area contributed by atoms with Crippen LogP contribution in [0.3, 0.4) is 0 Å². The Hall–Kier alpha value is -3.90. The number of ketones is 1. The Bertz CT molecular complexity index is 1250. The van der Waals surface area contributed by atoms with E-state index < -0.39 is 11.7 Å². The number of rotatable bonds is 8. The van der Waals surface area contributed by atoms with Gasteiger partial charge in [-0.25, -0.2) is 0 Å². The maximum absolute atomic E-state index is 13.3. The number of benzene rings is 2. The molecule has 0 fully saturated rings. The van der Waals surface area contributed by atoms with Crippen molar-refractivity contribution < 1.29 is 14.3 Å². The van der Waals surface area contributed by atoms with Crippen molar-refractivity contribution in [2.24, 2.45) is 0 Å². The molecule has 6 nitrogen and oxygen atoms in total. The Labute approximate surface area is 187 Å². The second-order valence-corrected chi connectivity index (χ2v) is 7.73. The van der Waals surface area contributed by atoms with Gasteiger partial charge in [0.1, 0.15) is 18.1 Å². The maximum atomic E-state index is 13.3. The molecule has 4 aromatic rings. The van der Waals surface area contributed by atoms with Crippen LogP contribution in [0.1, 0.15) is 10.5 Å². The molecule has 1 N–H and O–H groups in total. The number of hydrogen-bond donors (Lipinski definition) is 1. The number of aromatic nitrogens is 1. The molecule has 2 aromatic heterocycles. The molecule has 0 atom stereocenters. The number of anilines is 1. The van der Waals surface area contributed by atoms with E-state index in [4.69, 9.17) is 4.74 Å². The number of nitrogens with one attached hydrogen (secondary N) is 1. The maximum Gasteiger partial charge on any atom is 0.298 e. The largest absolute Gasteiger partial charge is 0.492 e. The van der Waals surface area contributed by atoms with E-state index in [1.807, 2.05) is 79.7 Å².